The van der Waals surface area contributed by atoms with Crippen LogP contribution in [0.1, 0.15) is 30.6 Å². The summed E-state index contributed by atoms with van der Waals surface area (Å²) in [7, 11) is -3.37. The zero-order chi connectivity index (χ0) is 23.4. The number of nitrogens with zero attached hydrogens (tertiary/aromatic N) is 1. The number of sulfone groups is 1. The van der Waals surface area contributed by atoms with E-state index in [1.165, 1.54) is 30.2 Å². The normalized spacial score (nSPS) is 16.6. The largest absolute Gasteiger partial charge is 0.430 e. The second-order valence-electron chi connectivity index (χ2n) is 7.76. The molecule has 0 unspecified atom stereocenters. The van der Waals surface area contributed by atoms with Gasteiger partial charge in [-0.1, -0.05) is 25.0 Å². The molecule has 0 saturated heterocycles. The molecule has 1 fully saturated rings. The number of halogens is 3. The van der Waals surface area contributed by atoms with Crippen LogP contribution in [0, 0.1) is 0 Å². The number of aliphatic imine (C=N–C) groups is 1. The van der Waals surface area contributed by atoms with Crippen LogP contribution in [0.15, 0.2) is 58.1 Å². The summed E-state index contributed by atoms with van der Waals surface area (Å²) in [6.45, 7) is 0.896. The maximum absolute atomic E-state index is 13.0. The average Bonchev–Trinajstić information content (AvgIpc) is 3.41. The number of benzene rings is 1. The van der Waals surface area contributed by atoms with Gasteiger partial charge in [-0.25, -0.2) is 8.42 Å². The van der Waals surface area contributed by atoms with Crippen molar-refractivity contribution in [1.82, 2.24) is 5.32 Å². The zero-order valence-corrected chi connectivity index (χ0v) is 19.3. The maximum atomic E-state index is 13.0. The van der Waals surface area contributed by atoms with Crippen LogP contribution in [0.25, 0.3) is 10.4 Å². The monoisotopic (exact) mass is 485 g/mol. The summed E-state index contributed by atoms with van der Waals surface area (Å²) in [5.41, 5.74) is 4.86. The van der Waals surface area contributed by atoms with Crippen molar-refractivity contribution in [2.24, 2.45) is 10.7 Å². The summed E-state index contributed by atoms with van der Waals surface area (Å²) in [6, 6.07) is 10.3. The van der Waals surface area contributed by atoms with E-state index in [1.807, 2.05) is 0 Å². The Balaban J connectivity index is 1.85. The SMILES string of the molecule is CS(=O)(=O)c1cccc(-c2ccc(C(C=C(N)C(F)(F)F)=NCCNC3CCCC3)s2)c1. The van der Waals surface area contributed by atoms with E-state index in [0.717, 1.165) is 30.1 Å². The first-order chi connectivity index (χ1) is 15.0. The molecule has 32 heavy (non-hydrogen) atoms. The molecule has 5 nitrogen and oxygen atoms in total. The highest BCUT2D eigenvalue weighted by Gasteiger charge is 2.32. The fourth-order valence-corrected chi connectivity index (χ4v) is 5.16. The molecule has 0 spiro atoms. The van der Waals surface area contributed by atoms with Crippen molar-refractivity contribution in [3.8, 4) is 10.4 Å². The van der Waals surface area contributed by atoms with Crippen molar-refractivity contribution in [1.29, 1.82) is 0 Å². The van der Waals surface area contributed by atoms with Crippen molar-refractivity contribution in [3.63, 3.8) is 0 Å². The summed E-state index contributed by atoms with van der Waals surface area (Å²) in [5.74, 6) is 0. The van der Waals surface area contributed by atoms with Crippen molar-refractivity contribution in [3.05, 3.63) is 53.0 Å². The summed E-state index contributed by atoms with van der Waals surface area (Å²) >= 11 is 1.24. The smallest absolute Gasteiger partial charge is 0.395 e. The third kappa shape index (κ3) is 6.66. The minimum Gasteiger partial charge on any atom is -0.395 e. The van der Waals surface area contributed by atoms with E-state index in [2.05, 4.69) is 10.3 Å². The number of nitrogens with two attached hydrogens (primary N) is 1. The van der Waals surface area contributed by atoms with Gasteiger partial charge in [-0.3, -0.25) is 4.99 Å². The van der Waals surface area contributed by atoms with Crippen LogP contribution in [0.4, 0.5) is 13.2 Å². The lowest BCUT2D eigenvalue weighted by Gasteiger charge is -2.11. The van der Waals surface area contributed by atoms with E-state index < -0.39 is 21.7 Å². The zero-order valence-electron chi connectivity index (χ0n) is 17.7. The molecule has 0 radical (unpaired) electrons. The Labute approximate surface area is 190 Å². The van der Waals surface area contributed by atoms with E-state index in [4.69, 9.17) is 5.73 Å². The van der Waals surface area contributed by atoms with Crippen molar-refractivity contribution >= 4 is 26.9 Å². The van der Waals surface area contributed by atoms with Crippen molar-refractivity contribution in [2.75, 3.05) is 19.3 Å². The molecule has 0 bridgehead atoms. The van der Waals surface area contributed by atoms with Gasteiger partial charge in [0.25, 0.3) is 0 Å². The van der Waals surface area contributed by atoms with Crippen LogP contribution < -0.4 is 11.1 Å². The van der Waals surface area contributed by atoms with Gasteiger partial charge in [-0.2, -0.15) is 13.2 Å². The molecule has 0 aliphatic heterocycles. The molecule has 2 aromatic rings. The predicted molar refractivity (Wildman–Crippen MR) is 123 cm³/mol. The summed E-state index contributed by atoms with van der Waals surface area (Å²) in [6.07, 6.45) is 1.94. The van der Waals surface area contributed by atoms with E-state index in [1.54, 1.807) is 30.3 Å². The predicted octanol–water partition coefficient (Wildman–Crippen LogP) is 4.54. The molecule has 10 heteroatoms. The van der Waals surface area contributed by atoms with Gasteiger partial charge in [0.15, 0.2) is 9.84 Å². The molecule has 1 aromatic heterocycles. The third-order valence-corrected chi connectivity index (χ3v) is 7.47. The fourth-order valence-electron chi connectivity index (χ4n) is 3.51. The molecule has 1 saturated carbocycles. The first-order valence-electron chi connectivity index (χ1n) is 10.3. The van der Waals surface area contributed by atoms with Gasteiger partial charge in [0.05, 0.1) is 22.0 Å². The number of nitrogens with one attached hydrogen (secondary N) is 1. The van der Waals surface area contributed by atoms with Gasteiger partial charge in [0, 0.05) is 23.7 Å². The van der Waals surface area contributed by atoms with Gasteiger partial charge in [-0.05, 0) is 48.7 Å². The minimum absolute atomic E-state index is 0.156. The molecule has 1 aromatic carbocycles. The number of rotatable bonds is 8. The third-order valence-electron chi connectivity index (χ3n) is 5.21. The summed E-state index contributed by atoms with van der Waals surface area (Å²) in [5, 5.41) is 3.39. The van der Waals surface area contributed by atoms with Gasteiger partial charge >= 0.3 is 6.18 Å². The summed E-state index contributed by atoms with van der Waals surface area (Å²) < 4.78 is 62.8. The number of hydrogen-bond donors (Lipinski definition) is 2. The Morgan fingerprint density at radius 1 is 1.25 bits per heavy atom. The minimum atomic E-state index is -4.65. The second kappa shape index (κ2) is 10.2. The highest BCUT2D eigenvalue weighted by atomic mass is 32.2. The van der Waals surface area contributed by atoms with Crippen LogP contribution in [0.5, 0.6) is 0 Å². The van der Waals surface area contributed by atoms with Gasteiger partial charge in [0.1, 0.15) is 5.70 Å². The fraction of sp³-hybridized carbons (Fsp3) is 0.409. The Morgan fingerprint density at radius 2 is 1.97 bits per heavy atom. The molecule has 0 atom stereocenters. The van der Waals surface area contributed by atoms with E-state index in [9.17, 15) is 21.6 Å². The molecule has 1 heterocycles. The number of alkyl halides is 3. The molecule has 174 valence electrons. The average molecular weight is 486 g/mol. The Bertz CT molecular complexity index is 1100. The number of allylic oxidation sites excluding steroid dienone is 2. The van der Waals surface area contributed by atoms with Crippen LogP contribution in [-0.4, -0.2) is 45.7 Å². The van der Waals surface area contributed by atoms with E-state index in [-0.39, 0.29) is 10.6 Å². The van der Waals surface area contributed by atoms with Crippen LogP contribution in [0.3, 0.4) is 0 Å². The van der Waals surface area contributed by atoms with Crippen molar-refractivity contribution < 1.29 is 21.6 Å². The van der Waals surface area contributed by atoms with Gasteiger partial charge in [-0.15, -0.1) is 11.3 Å². The lowest BCUT2D eigenvalue weighted by molar-refractivity contribution is -0.0925. The molecule has 0 amide bonds. The molecular formula is C22H26F3N3O2S2. The van der Waals surface area contributed by atoms with Gasteiger partial charge in [0.2, 0.25) is 0 Å². The Hall–Kier alpha value is -2.17. The van der Waals surface area contributed by atoms with Crippen LogP contribution in [0.2, 0.25) is 0 Å². The van der Waals surface area contributed by atoms with Gasteiger partial charge < -0.3 is 11.1 Å². The number of hydrogen-bond acceptors (Lipinski definition) is 6. The molecule has 1 aliphatic carbocycles. The maximum Gasteiger partial charge on any atom is 0.430 e. The lowest BCUT2D eigenvalue weighted by Crippen LogP contribution is -2.28. The van der Waals surface area contributed by atoms with E-state index in [0.29, 0.717) is 29.6 Å². The summed E-state index contributed by atoms with van der Waals surface area (Å²) in [4.78, 5) is 5.81. The first-order valence-corrected chi connectivity index (χ1v) is 13.0. The topological polar surface area (TPSA) is 84.5 Å². The second-order valence-corrected chi connectivity index (χ2v) is 10.9. The standard InChI is InChI=1S/C22H26F3N3O2S2/c1-32(29,30)17-8-4-5-15(13-17)19-9-10-20(31-19)18(14-21(26)22(23,24)25)28-12-11-27-16-6-2-3-7-16/h4-5,8-10,13-14,16,27H,2-3,6-7,11-12,26H2,1H3. The van der Waals surface area contributed by atoms with Crippen LogP contribution >= 0.6 is 11.3 Å². The Kier molecular flexibility index (Phi) is 7.79. The highest BCUT2D eigenvalue weighted by Crippen LogP contribution is 2.31. The van der Waals surface area contributed by atoms with Crippen LogP contribution in [-0.2, 0) is 9.84 Å². The molecule has 1 aliphatic rings. The molecular weight excluding hydrogens is 459 g/mol. The lowest BCUT2D eigenvalue weighted by atomic mass is 10.2. The highest BCUT2D eigenvalue weighted by molar-refractivity contribution is 7.90. The Morgan fingerprint density at radius 3 is 2.62 bits per heavy atom. The first kappa shape index (κ1) is 24.5. The van der Waals surface area contributed by atoms with E-state index >= 15 is 0 Å². The van der Waals surface area contributed by atoms with Crippen molar-refractivity contribution in [2.45, 2.75) is 42.8 Å². The quantitative estimate of drug-likeness (QED) is 0.425. The molecule has 3 N–H and O–H groups in total. The number of thiophene rings is 1. The molecule has 3 rings (SSSR count).